The summed E-state index contributed by atoms with van der Waals surface area (Å²) < 4.78 is 2.18. The van der Waals surface area contributed by atoms with Gasteiger partial charge in [0, 0.05) is 6.20 Å². The topological polar surface area (TPSA) is 177 Å². The summed E-state index contributed by atoms with van der Waals surface area (Å²) >= 11 is 0. The Balaban J connectivity index is 1.92. The van der Waals surface area contributed by atoms with Gasteiger partial charge in [-0.3, -0.25) is 9.59 Å². The molecular formula is C21H15N9O3. The number of primary amides is 1. The number of benzene rings is 1. The van der Waals surface area contributed by atoms with Crippen LogP contribution in [0.15, 0.2) is 70.0 Å². The summed E-state index contributed by atoms with van der Waals surface area (Å²) in [5.74, 6) is -1.34. The van der Waals surface area contributed by atoms with Crippen LogP contribution < -0.4 is 11.3 Å². The largest absolute Gasteiger partial charge is 0.493 e. The summed E-state index contributed by atoms with van der Waals surface area (Å²) in [6.45, 7) is 1.59. The highest BCUT2D eigenvalue weighted by Gasteiger charge is 2.22. The second-order valence-electron chi connectivity index (χ2n) is 6.68. The normalized spacial score (nSPS) is 10.9. The van der Waals surface area contributed by atoms with Gasteiger partial charge in [-0.2, -0.15) is 10.4 Å². The van der Waals surface area contributed by atoms with Gasteiger partial charge in [-0.15, -0.1) is 10.2 Å². The number of nitrogens with two attached hydrogens (primary N) is 1. The van der Waals surface area contributed by atoms with Crippen LogP contribution in [0.5, 0.6) is 5.88 Å². The van der Waals surface area contributed by atoms with E-state index in [1.54, 1.807) is 37.3 Å². The smallest absolute Gasteiger partial charge is 0.287 e. The van der Waals surface area contributed by atoms with E-state index in [2.05, 4.69) is 25.3 Å². The standard InChI is InChI=1S/C21H15N9O3/c1-12-17(18(23)31)19(30(28-12)14-5-3-2-4-6-14)27-26-15-9-13(10-22)20(32)29(21(15)33)16-7-8-24-11-25-16/h2-9,11,32H,1H3,(H2,23,31). The molecule has 3 N–H and O–H groups in total. The predicted octanol–water partition coefficient (Wildman–Crippen LogP) is 2.21. The Hall–Kier alpha value is -5.18. The van der Waals surface area contributed by atoms with E-state index >= 15 is 0 Å². The summed E-state index contributed by atoms with van der Waals surface area (Å²) in [4.78, 5) is 32.8. The molecule has 162 valence electrons. The zero-order valence-electron chi connectivity index (χ0n) is 17.1. The summed E-state index contributed by atoms with van der Waals surface area (Å²) in [7, 11) is 0. The van der Waals surface area contributed by atoms with Crippen LogP contribution >= 0.6 is 0 Å². The van der Waals surface area contributed by atoms with Gasteiger partial charge in [0.15, 0.2) is 11.5 Å². The molecule has 0 fully saturated rings. The number of aromatic hydroxyl groups is 1. The molecule has 0 aliphatic rings. The average molecular weight is 441 g/mol. The maximum atomic E-state index is 13.0. The van der Waals surface area contributed by atoms with Crippen LogP contribution in [0.25, 0.3) is 11.5 Å². The van der Waals surface area contributed by atoms with Gasteiger partial charge in [-0.05, 0) is 31.2 Å². The Morgan fingerprint density at radius 1 is 1.21 bits per heavy atom. The van der Waals surface area contributed by atoms with Gasteiger partial charge in [-0.1, -0.05) is 18.2 Å². The zero-order chi connectivity index (χ0) is 23.5. The first-order valence-corrected chi connectivity index (χ1v) is 9.44. The van der Waals surface area contributed by atoms with Gasteiger partial charge in [0.2, 0.25) is 5.88 Å². The molecule has 12 heteroatoms. The van der Waals surface area contributed by atoms with Crippen molar-refractivity contribution >= 4 is 17.4 Å². The third-order valence-corrected chi connectivity index (χ3v) is 4.61. The molecule has 3 aromatic heterocycles. The molecule has 4 rings (SSSR count). The lowest BCUT2D eigenvalue weighted by molar-refractivity contribution is 0.100. The zero-order valence-corrected chi connectivity index (χ0v) is 17.1. The van der Waals surface area contributed by atoms with Crippen molar-refractivity contribution in [3.8, 4) is 23.5 Å². The molecule has 0 spiro atoms. The third-order valence-electron chi connectivity index (χ3n) is 4.61. The summed E-state index contributed by atoms with van der Waals surface area (Å²) in [6.07, 6.45) is 2.55. The van der Waals surface area contributed by atoms with E-state index in [4.69, 9.17) is 5.73 Å². The fraction of sp³-hybridized carbons (Fsp3) is 0.0476. The summed E-state index contributed by atoms with van der Waals surface area (Å²) in [5.41, 5.74) is 5.15. The quantitative estimate of drug-likeness (QED) is 0.446. The second-order valence-corrected chi connectivity index (χ2v) is 6.68. The lowest BCUT2D eigenvalue weighted by Gasteiger charge is -2.09. The van der Waals surface area contributed by atoms with Crippen molar-refractivity contribution in [2.75, 3.05) is 0 Å². The minimum absolute atomic E-state index is 0.00534. The molecule has 0 unspecified atom stereocenters. The highest BCUT2D eigenvalue weighted by molar-refractivity contribution is 5.98. The fourth-order valence-corrected chi connectivity index (χ4v) is 3.12. The Morgan fingerprint density at radius 2 is 1.97 bits per heavy atom. The number of pyridine rings is 1. The van der Waals surface area contributed by atoms with Crippen LogP contribution in [0.2, 0.25) is 0 Å². The Morgan fingerprint density at radius 3 is 2.61 bits per heavy atom. The van der Waals surface area contributed by atoms with Crippen LogP contribution in [-0.2, 0) is 0 Å². The van der Waals surface area contributed by atoms with Gasteiger partial charge in [-0.25, -0.2) is 19.2 Å². The second kappa shape index (κ2) is 8.52. The molecule has 12 nitrogen and oxygen atoms in total. The number of amides is 1. The number of hydrogen-bond donors (Lipinski definition) is 2. The monoisotopic (exact) mass is 441 g/mol. The van der Waals surface area contributed by atoms with Crippen molar-refractivity contribution in [3.05, 3.63) is 82.2 Å². The van der Waals surface area contributed by atoms with Crippen LogP contribution in [0.3, 0.4) is 0 Å². The first-order valence-electron chi connectivity index (χ1n) is 9.44. The predicted molar refractivity (Wildman–Crippen MR) is 115 cm³/mol. The number of nitriles is 1. The van der Waals surface area contributed by atoms with Crippen molar-refractivity contribution in [1.82, 2.24) is 24.3 Å². The molecule has 1 aromatic carbocycles. The van der Waals surface area contributed by atoms with Gasteiger partial charge < -0.3 is 10.8 Å². The maximum Gasteiger partial charge on any atom is 0.287 e. The molecule has 0 saturated carbocycles. The molecule has 33 heavy (non-hydrogen) atoms. The van der Waals surface area contributed by atoms with E-state index < -0.39 is 17.3 Å². The van der Waals surface area contributed by atoms with Crippen molar-refractivity contribution in [1.29, 1.82) is 5.26 Å². The minimum atomic E-state index is -0.794. The van der Waals surface area contributed by atoms with Gasteiger partial charge >= 0.3 is 0 Å². The van der Waals surface area contributed by atoms with Gasteiger partial charge in [0.1, 0.15) is 29.3 Å². The molecule has 0 bridgehead atoms. The van der Waals surface area contributed by atoms with E-state index in [1.807, 2.05) is 6.07 Å². The van der Waals surface area contributed by atoms with Crippen LogP contribution in [0.1, 0.15) is 21.6 Å². The molecule has 1 amide bonds. The third kappa shape index (κ3) is 3.81. The Kier molecular flexibility index (Phi) is 5.44. The van der Waals surface area contributed by atoms with Gasteiger partial charge in [0.25, 0.3) is 11.5 Å². The number of azo groups is 1. The summed E-state index contributed by atoms with van der Waals surface area (Å²) in [5, 5.41) is 32.2. The molecule has 0 saturated heterocycles. The highest BCUT2D eigenvalue weighted by Crippen LogP contribution is 2.28. The number of para-hydroxylation sites is 1. The Bertz CT molecular complexity index is 1480. The number of carbonyl (C=O) groups excluding carboxylic acids is 1. The molecule has 4 aromatic rings. The molecule has 0 radical (unpaired) electrons. The number of hydrogen-bond acceptors (Lipinski definition) is 9. The van der Waals surface area contributed by atoms with Crippen LogP contribution in [0.4, 0.5) is 11.5 Å². The van der Waals surface area contributed by atoms with Gasteiger partial charge in [0.05, 0.1) is 11.4 Å². The lowest BCUT2D eigenvalue weighted by atomic mass is 10.2. The van der Waals surface area contributed by atoms with E-state index in [0.29, 0.717) is 11.4 Å². The van der Waals surface area contributed by atoms with E-state index in [0.717, 1.165) is 10.6 Å². The average Bonchev–Trinajstić information content (AvgIpc) is 3.16. The molecule has 3 heterocycles. The lowest BCUT2D eigenvalue weighted by Crippen LogP contribution is -2.19. The molecule has 0 aliphatic heterocycles. The number of nitrogens with zero attached hydrogens (tertiary/aromatic N) is 8. The molecule has 0 aliphatic carbocycles. The first kappa shape index (κ1) is 21.1. The maximum absolute atomic E-state index is 13.0. The van der Waals surface area contributed by atoms with Crippen molar-refractivity contribution < 1.29 is 9.90 Å². The molecular weight excluding hydrogens is 426 g/mol. The number of rotatable bonds is 5. The van der Waals surface area contributed by atoms with Crippen LogP contribution in [-0.4, -0.2) is 35.3 Å². The number of aryl methyl sites for hydroxylation is 1. The Labute approximate surface area is 185 Å². The highest BCUT2D eigenvalue weighted by atomic mass is 16.3. The SMILES string of the molecule is Cc1nn(-c2ccccc2)c(N=Nc2cc(C#N)c(O)n(-c3ccncn3)c2=O)c1C(N)=O. The van der Waals surface area contributed by atoms with Crippen LogP contribution in [0, 0.1) is 18.3 Å². The first-order chi connectivity index (χ1) is 15.9. The van der Waals surface area contributed by atoms with Crippen molar-refractivity contribution in [3.63, 3.8) is 0 Å². The summed E-state index contributed by atoms with van der Waals surface area (Å²) in [6, 6.07) is 13.1. The molecule has 0 atom stereocenters. The minimum Gasteiger partial charge on any atom is -0.493 e. The van der Waals surface area contributed by atoms with Crippen molar-refractivity contribution in [2.45, 2.75) is 6.92 Å². The fourth-order valence-electron chi connectivity index (χ4n) is 3.12. The van der Waals surface area contributed by atoms with Crippen molar-refractivity contribution in [2.24, 2.45) is 16.0 Å². The number of carbonyl (C=O) groups is 1. The van der Waals surface area contributed by atoms with E-state index in [1.165, 1.54) is 23.3 Å². The van der Waals surface area contributed by atoms with E-state index in [9.17, 15) is 20.0 Å². The number of aromatic nitrogens is 5. The van der Waals surface area contributed by atoms with E-state index in [-0.39, 0.29) is 28.5 Å².